The molecule has 0 aromatic carbocycles. The molecule has 1 atom stereocenters. The van der Waals surface area contributed by atoms with Crippen LogP contribution in [-0.2, 0) is 19.5 Å². The molecule has 5 nitrogen and oxygen atoms in total. The molecule has 0 radical (unpaired) electrons. The molecule has 1 aliphatic rings. The number of fused-ring (bicyclic) bond motifs is 1. The molecule has 102 valence electrons. The van der Waals surface area contributed by atoms with Crippen molar-refractivity contribution < 1.29 is 0 Å². The van der Waals surface area contributed by atoms with Crippen LogP contribution in [0.4, 0.5) is 0 Å². The predicted octanol–water partition coefficient (Wildman–Crippen LogP) is 1.16. The SMILES string of the molecule is CCNC(C)CCCn1nc2n(c1=O)CCCC2. The lowest BCUT2D eigenvalue weighted by molar-refractivity contribution is 0.463. The van der Waals surface area contributed by atoms with E-state index in [0.717, 1.165) is 57.6 Å². The zero-order valence-corrected chi connectivity index (χ0v) is 11.5. The van der Waals surface area contributed by atoms with E-state index in [4.69, 9.17) is 0 Å². The van der Waals surface area contributed by atoms with Gasteiger partial charge in [0.25, 0.3) is 0 Å². The standard InChI is InChI=1S/C13H24N4O/c1-3-14-11(2)7-6-10-17-13(18)16-9-5-4-8-12(16)15-17/h11,14H,3-10H2,1-2H3. The van der Waals surface area contributed by atoms with Crippen molar-refractivity contribution in [2.75, 3.05) is 6.54 Å². The summed E-state index contributed by atoms with van der Waals surface area (Å²) in [6, 6.07) is 0.517. The van der Waals surface area contributed by atoms with Crippen molar-refractivity contribution in [2.45, 2.75) is 65.1 Å². The highest BCUT2D eigenvalue weighted by atomic mass is 16.2. The van der Waals surface area contributed by atoms with Crippen LogP contribution in [0.3, 0.4) is 0 Å². The number of aryl methyl sites for hydroxylation is 2. The average Bonchev–Trinajstić information content (AvgIpc) is 2.68. The van der Waals surface area contributed by atoms with E-state index in [1.54, 1.807) is 4.68 Å². The molecule has 0 saturated carbocycles. The number of aromatic nitrogens is 3. The number of nitrogens with one attached hydrogen (secondary N) is 1. The van der Waals surface area contributed by atoms with Crippen molar-refractivity contribution in [1.82, 2.24) is 19.7 Å². The van der Waals surface area contributed by atoms with Gasteiger partial charge in [-0.2, -0.15) is 5.10 Å². The molecule has 1 aromatic rings. The van der Waals surface area contributed by atoms with E-state index in [0.29, 0.717) is 6.04 Å². The third-order valence-corrected chi connectivity index (χ3v) is 3.59. The fourth-order valence-electron chi connectivity index (χ4n) is 2.59. The zero-order valence-electron chi connectivity index (χ0n) is 11.5. The maximum Gasteiger partial charge on any atom is 0.345 e. The molecule has 0 saturated heterocycles. The zero-order chi connectivity index (χ0) is 13.0. The topological polar surface area (TPSA) is 51.9 Å². The van der Waals surface area contributed by atoms with Crippen LogP contribution < -0.4 is 11.0 Å². The lowest BCUT2D eigenvalue weighted by Gasteiger charge is -2.11. The van der Waals surface area contributed by atoms with E-state index in [1.807, 2.05) is 4.57 Å². The van der Waals surface area contributed by atoms with Crippen molar-refractivity contribution in [3.63, 3.8) is 0 Å². The molecular formula is C13H24N4O. The summed E-state index contributed by atoms with van der Waals surface area (Å²) in [5, 5.41) is 7.82. The predicted molar refractivity (Wildman–Crippen MR) is 71.8 cm³/mol. The Balaban J connectivity index is 1.90. The molecule has 1 aliphatic heterocycles. The van der Waals surface area contributed by atoms with Crippen molar-refractivity contribution in [3.8, 4) is 0 Å². The average molecular weight is 252 g/mol. The maximum absolute atomic E-state index is 12.1. The first-order chi connectivity index (χ1) is 8.72. The lowest BCUT2D eigenvalue weighted by atomic mass is 10.2. The molecule has 0 bridgehead atoms. The summed E-state index contributed by atoms with van der Waals surface area (Å²) in [6.07, 6.45) is 5.31. The summed E-state index contributed by atoms with van der Waals surface area (Å²) in [6.45, 7) is 6.89. The summed E-state index contributed by atoms with van der Waals surface area (Å²) in [5.41, 5.74) is 0.0841. The molecule has 5 heteroatoms. The Morgan fingerprint density at radius 1 is 1.44 bits per heavy atom. The largest absolute Gasteiger partial charge is 0.345 e. The van der Waals surface area contributed by atoms with Gasteiger partial charge in [-0.3, -0.25) is 4.57 Å². The summed E-state index contributed by atoms with van der Waals surface area (Å²) in [4.78, 5) is 12.1. The van der Waals surface area contributed by atoms with Crippen LogP contribution in [0.25, 0.3) is 0 Å². The molecule has 1 unspecified atom stereocenters. The molecule has 0 spiro atoms. The smallest absolute Gasteiger partial charge is 0.315 e. The van der Waals surface area contributed by atoms with E-state index in [-0.39, 0.29) is 5.69 Å². The highest BCUT2D eigenvalue weighted by molar-refractivity contribution is 4.91. The minimum Gasteiger partial charge on any atom is -0.315 e. The molecule has 0 fully saturated rings. The van der Waals surface area contributed by atoms with Gasteiger partial charge in [0.15, 0.2) is 0 Å². The number of nitrogens with zero attached hydrogens (tertiary/aromatic N) is 3. The molecule has 2 heterocycles. The highest BCUT2D eigenvalue weighted by Gasteiger charge is 2.16. The third-order valence-electron chi connectivity index (χ3n) is 3.59. The van der Waals surface area contributed by atoms with E-state index in [1.165, 1.54) is 0 Å². The van der Waals surface area contributed by atoms with Gasteiger partial charge in [-0.05, 0) is 39.2 Å². The normalized spacial score (nSPS) is 16.6. The van der Waals surface area contributed by atoms with Crippen LogP contribution in [0.2, 0.25) is 0 Å². The first-order valence-electron chi connectivity index (χ1n) is 7.12. The Bertz CT molecular complexity index is 435. The molecule has 1 aromatic heterocycles. The van der Waals surface area contributed by atoms with Gasteiger partial charge in [0.1, 0.15) is 5.82 Å². The van der Waals surface area contributed by atoms with E-state index in [2.05, 4.69) is 24.3 Å². The number of hydrogen-bond donors (Lipinski definition) is 1. The first kappa shape index (κ1) is 13.3. The molecule has 0 aliphatic carbocycles. The van der Waals surface area contributed by atoms with Crippen LogP contribution in [0.15, 0.2) is 4.79 Å². The molecule has 2 rings (SSSR count). The quantitative estimate of drug-likeness (QED) is 0.826. The fourth-order valence-corrected chi connectivity index (χ4v) is 2.59. The van der Waals surface area contributed by atoms with E-state index >= 15 is 0 Å². The van der Waals surface area contributed by atoms with Crippen LogP contribution in [0, 0.1) is 0 Å². The Labute approximate surface area is 108 Å². The fraction of sp³-hybridized carbons (Fsp3) is 0.846. The Kier molecular flexibility index (Phi) is 4.58. The molecule has 1 N–H and O–H groups in total. The number of hydrogen-bond acceptors (Lipinski definition) is 3. The molecule has 18 heavy (non-hydrogen) atoms. The Morgan fingerprint density at radius 3 is 3.00 bits per heavy atom. The summed E-state index contributed by atoms with van der Waals surface area (Å²) < 4.78 is 3.50. The number of rotatable bonds is 6. The van der Waals surface area contributed by atoms with Gasteiger partial charge in [0, 0.05) is 25.6 Å². The van der Waals surface area contributed by atoms with Crippen molar-refractivity contribution >= 4 is 0 Å². The maximum atomic E-state index is 12.1. The van der Waals surface area contributed by atoms with Gasteiger partial charge in [-0.1, -0.05) is 6.92 Å². The summed E-state index contributed by atoms with van der Waals surface area (Å²) >= 11 is 0. The van der Waals surface area contributed by atoms with E-state index in [9.17, 15) is 4.79 Å². The second-order valence-electron chi connectivity index (χ2n) is 5.13. The second-order valence-corrected chi connectivity index (χ2v) is 5.13. The third kappa shape index (κ3) is 3.02. The molecule has 0 amide bonds. The van der Waals surface area contributed by atoms with Crippen molar-refractivity contribution in [3.05, 3.63) is 16.3 Å². The second kappa shape index (κ2) is 6.18. The Morgan fingerprint density at radius 2 is 2.28 bits per heavy atom. The monoisotopic (exact) mass is 252 g/mol. The van der Waals surface area contributed by atoms with Gasteiger partial charge in [0.2, 0.25) is 0 Å². The summed E-state index contributed by atoms with van der Waals surface area (Å²) in [5.74, 6) is 0.978. The van der Waals surface area contributed by atoms with Crippen LogP contribution in [0.5, 0.6) is 0 Å². The van der Waals surface area contributed by atoms with E-state index < -0.39 is 0 Å². The van der Waals surface area contributed by atoms with Gasteiger partial charge in [-0.25, -0.2) is 9.48 Å². The van der Waals surface area contributed by atoms with Gasteiger partial charge >= 0.3 is 5.69 Å². The summed E-state index contributed by atoms with van der Waals surface area (Å²) in [7, 11) is 0. The van der Waals surface area contributed by atoms with Crippen LogP contribution in [-0.4, -0.2) is 26.9 Å². The first-order valence-corrected chi connectivity index (χ1v) is 7.12. The molecular weight excluding hydrogens is 228 g/mol. The lowest BCUT2D eigenvalue weighted by Crippen LogP contribution is -2.28. The van der Waals surface area contributed by atoms with Crippen molar-refractivity contribution in [2.24, 2.45) is 0 Å². The van der Waals surface area contributed by atoms with Crippen LogP contribution in [0.1, 0.15) is 45.4 Å². The van der Waals surface area contributed by atoms with Gasteiger partial charge in [-0.15, -0.1) is 0 Å². The minimum atomic E-state index is 0.0841. The minimum absolute atomic E-state index is 0.0841. The highest BCUT2D eigenvalue weighted by Crippen LogP contribution is 2.09. The Hall–Kier alpha value is -1.10. The van der Waals surface area contributed by atoms with Crippen molar-refractivity contribution in [1.29, 1.82) is 0 Å². The van der Waals surface area contributed by atoms with Crippen LogP contribution >= 0.6 is 0 Å². The van der Waals surface area contributed by atoms with Gasteiger partial charge in [0.05, 0.1) is 0 Å². The van der Waals surface area contributed by atoms with Gasteiger partial charge < -0.3 is 5.32 Å².